The Morgan fingerprint density at radius 2 is 1.86 bits per heavy atom. The fourth-order valence-corrected chi connectivity index (χ4v) is 3.46. The van der Waals surface area contributed by atoms with Crippen LogP contribution in [0.1, 0.15) is 55.3 Å². The Kier molecular flexibility index (Phi) is 6.91. The van der Waals surface area contributed by atoms with Gasteiger partial charge in [-0.25, -0.2) is 0 Å². The predicted octanol–water partition coefficient (Wildman–Crippen LogP) is 4.92. The molecule has 0 atom stereocenters. The van der Waals surface area contributed by atoms with E-state index in [0.717, 1.165) is 28.9 Å². The molecule has 0 bridgehead atoms. The molecule has 0 aliphatic heterocycles. The zero-order valence-electron chi connectivity index (χ0n) is 13.0. The highest BCUT2D eigenvalue weighted by Gasteiger charge is 2.15. The Morgan fingerprint density at radius 1 is 1.19 bits per heavy atom. The number of carbonyl (C=O) groups excluding carboxylic acids is 1. The molecule has 1 saturated carbocycles. The molecule has 0 spiro atoms. The summed E-state index contributed by atoms with van der Waals surface area (Å²) in [5, 5.41) is 0. The highest BCUT2D eigenvalue weighted by Crippen LogP contribution is 2.24. The van der Waals surface area contributed by atoms with Gasteiger partial charge in [-0.05, 0) is 50.9 Å². The van der Waals surface area contributed by atoms with Crippen LogP contribution in [0.2, 0.25) is 0 Å². The summed E-state index contributed by atoms with van der Waals surface area (Å²) in [6, 6.07) is 7.67. The highest BCUT2D eigenvalue weighted by molar-refractivity contribution is 9.10. The largest absolute Gasteiger partial charge is 0.306 e. The van der Waals surface area contributed by atoms with Crippen LogP contribution in [0.4, 0.5) is 0 Å². The quantitative estimate of drug-likeness (QED) is 0.649. The van der Waals surface area contributed by atoms with Crippen molar-refractivity contribution in [1.82, 2.24) is 4.90 Å². The summed E-state index contributed by atoms with van der Waals surface area (Å²) in [6.45, 7) is 2.23. The van der Waals surface area contributed by atoms with Gasteiger partial charge in [-0.1, -0.05) is 47.3 Å². The van der Waals surface area contributed by atoms with E-state index in [1.54, 1.807) is 0 Å². The molecule has 1 aliphatic carbocycles. The van der Waals surface area contributed by atoms with Gasteiger partial charge in [0, 0.05) is 23.0 Å². The lowest BCUT2D eigenvalue weighted by molar-refractivity contribution is 0.0975. The Morgan fingerprint density at radius 3 is 2.52 bits per heavy atom. The van der Waals surface area contributed by atoms with Gasteiger partial charge in [-0.15, -0.1) is 0 Å². The zero-order valence-corrected chi connectivity index (χ0v) is 14.6. The molecule has 116 valence electrons. The molecule has 0 unspecified atom stereocenters. The minimum Gasteiger partial charge on any atom is -0.306 e. The normalized spacial score (nSPS) is 16.3. The molecule has 0 heterocycles. The lowest BCUT2D eigenvalue weighted by Crippen LogP contribution is -2.28. The van der Waals surface area contributed by atoms with E-state index in [-0.39, 0.29) is 5.78 Å². The predicted molar refractivity (Wildman–Crippen MR) is 91.8 cm³/mol. The maximum atomic E-state index is 12.1. The molecule has 0 amide bonds. The van der Waals surface area contributed by atoms with Crippen LogP contribution in [0.25, 0.3) is 0 Å². The van der Waals surface area contributed by atoms with E-state index in [4.69, 9.17) is 0 Å². The zero-order chi connectivity index (χ0) is 15.1. The Bertz CT molecular complexity index is 437. The van der Waals surface area contributed by atoms with Gasteiger partial charge in [0.2, 0.25) is 0 Å². The second-order valence-electron chi connectivity index (χ2n) is 6.30. The number of hydrogen-bond donors (Lipinski definition) is 0. The minimum absolute atomic E-state index is 0.258. The van der Waals surface area contributed by atoms with Crippen molar-refractivity contribution in [3.63, 3.8) is 0 Å². The van der Waals surface area contributed by atoms with E-state index in [0.29, 0.717) is 6.42 Å². The van der Waals surface area contributed by atoms with E-state index in [2.05, 4.69) is 27.9 Å². The molecule has 1 fully saturated rings. The number of ketones is 1. The molecular formula is C18H26BrNO. The van der Waals surface area contributed by atoms with Crippen molar-refractivity contribution in [3.05, 3.63) is 34.3 Å². The fourth-order valence-electron chi connectivity index (χ4n) is 3.19. The van der Waals surface area contributed by atoms with Crippen LogP contribution < -0.4 is 0 Å². The van der Waals surface area contributed by atoms with Gasteiger partial charge in [-0.3, -0.25) is 4.79 Å². The molecule has 2 nitrogen and oxygen atoms in total. The number of Topliss-reactive ketones (excluding diaryl/α,β-unsaturated/α-hetero) is 1. The molecule has 0 N–H and O–H groups in total. The number of benzene rings is 1. The summed E-state index contributed by atoms with van der Waals surface area (Å²) in [5.74, 6) is 1.14. The molecule has 0 saturated heterocycles. The van der Waals surface area contributed by atoms with E-state index >= 15 is 0 Å². The van der Waals surface area contributed by atoms with Gasteiger partial charge in [-0.2, -0.15) is 0 Å². The monoisotopic (exact) mass is 351 g/mol. The van der Waals surface area contributed by atoms with Crippen LogP contribution in [0.3, 0.4) is 0 Å². The first kappa shape index (κ1) is 16.7. The highest BCUT2D eigenvalue weighted by atomic mass is 79.9. The van der Waals surface area contributed by atoms with E-state index in [1.807, 2.05) is 24.3 Å². The average molecular weight is 352 g/mol. The third kappa shape index (κ3) is 5.91. The lowest BCUT2D eigenvalue weighted by atomic mass is 9.89. The van der Waals surface area contributed by atoms with Crippen LogP contribution >= 0.6 is 15.9 Å². The summed E-state index contributed by atoms with van der Waals surface area (Å²) in [4.78, 5) is 14.5. The van der Waals surface area contributed by atoms with Gasteiger partial charge in [0.1, 0.15) is 0 Å². The molecule has 1 aromatic carbocycles. The minimum atomic E-state index is 0.258. The fraction of sp³-hybridized carbons (Fsp3) is 0.611. The molecule has 0 radical (unpaired) electrons. The standard InChI is InChI=1S/C18H26BrNO/c1-20(14-15-6-3-2-4-7-15)13-5-8-18(21)16-9-11-17(19)12-10-16/h9-12,15H,2-8,13-14H2,1H3. The summed E-state index contributed by atoms with van der Waals surface area (Å²) in [5.41, 5.74) is 0.827. The number of halogens is 1. The van der Waals surface area contributed by atoms with E-state index in [9.17, 15) is 4.79 Å². The van der Waals surface area contributed by atoms with Gasteiger partial charge in [0.25, 0.3) is 0 Å². The van der Waals surface area contributed by atoms with Crippen LogP contribution in [-0.2, 0) is 0 Å². The number of nitrogens with zero attached hydrogens (tertiary/aromatic N) is 1. The second kappa shape index (κ2) is 8.70. The van der Waals surface area contributed by atoms with Crippen molar-refractivity contribution in [2.45, 2.75) is 44.9 Å². The van der Waals surface area contributed by atoms with Gasteiger partial charge in [0.15, 0.2) is 5.78 Å². The number of hydrogen-bond acceptors (Lipinski definition) is 2. The van der Waals surface area contributed by atoms with E-state index < -0.39 is 0 Å². The molecular weight excluding hydrogens is 326 g/mol. The third-order valence-corrected chi connectivity index (χ3v) is 4.93. The average Bonchev–Trinajstić information content (AvgIpc) is 2.49. The Hall–Kier alpha value is -0.670. The van der Waals surface area contributed by atoms with Crippen molar-refractivity contribution < 1.29 is 4.79 Å². The van der Waals surface area contributed by atoms with Gasteiger partial charge in [0.05, 0.1) is 0 Å². The summed E-state index contributed by atoms with van der Waals surface area (Å²) in [7, 11) is 2.19. The van der Waals surface area contributed by atoms with Crippen LogP contribution in [-0.4, -0.2) is 30.8 Å². The van der Waals surface area contributed by atoms with E-state index in [1.165, 1.54) is 38.6 Å². The molecule has 2 rings (SSSR count). The smallest absolute Gasteiger partial charge is 0.162 e. The Balaban J connectivity index is 1.66. The first-order chi connectivity index (χ1) is 10.1. The number of rotatable bonds is 7. The first-order valence-electron chi connectivity index (χ1n) is 8.12. The SMILES string of the molecule is CN(CCCC(=O)c1ccc(Br)cc1)CC1CCCCC1. The maximum absolute atomic E-state index is 12.1. The second-order valence-corrected chi connectivity index (χ2v) is 7.22. The summed E-state index contributed by atoms with van der Waals surface area (Å²) in [6.07, 6.45) is 8.61. The van der Waals surface area contributed by atoms with Crippen LogP contribution in [0.5, 0.6) is 0 Å². The molecule has 1 aliphatic rings. The van der Waals surface area contributed by atoms with Crippen molar-refractivity contribution in [2.24, 2.45) is 5.92 Å². The maximum Gasteiger partial charge on any atom is 0.162 e. The Labute approximate surface area is 137 Å². The van der Waals surface area contributed by atoms with Crippen LogP contribution in [0, 0.1) is 5.92 Å². The first-order valence-corrected chi connectivity index (χ1v) is 8.92. The molecule has 1 aromatic rings. The number of carbonyl (C=O) groups is 1. The van der Waals surface area contributed by atoms with Gasteiger partial charge < -0.3 is 4.90 Å². The van der Waals surface area contributed by atoms with Crippen molar-refractivity contribution in [2.75, 3.05) is 20.1 Å². The third-order valence-electron chi connectivity index (χ3n) is 4.40. The molecule has 3 heteroatoms. The van der Waals surface area contributed by atoms with Crippen molar-refractivity contribution >= 4 is 21.7 Å². The topological polar surface area (TPSA) is 20.3 Å². The summed E-state index contributed by atoms with van der Waals surface area (Å²) < 4.78 is 1.02. The van der Waals surface area contributed by atoms with Crippen molar-refractivity contribution in [1.29, 1.82) is 0 Å². The molecule has 21 heavy (non-hydrogen) atoms. The van der Waals surface area contributed by atoms with Gasteiger partial charge >= 0.3 is 0 Å². The lowest BCUT2D eigenvalue weighted by Gasteiger charge is -2.26. The summed E-state index contributed by atoms with van der Waals surface area (Å²) >= 11 is 3.40. The van der Waals surface area contributed by atoms with Crippen molar-refractivity contribution in [3.8, 4) is 0 Å². The van der Waals surface area contributed by atoms with Crippen LogP contribution in [0.15, 0.2) is 28.7 Å². The molecule has 0 aromatic heterocycles.